The molecule has 0 saturated heterocycles. The molecule has 1 aromatic heterocycles. The highest BCUT2D eigenvalue weighted by molar-refractivity contribution is 5.90. The molecule has 5 nitrogen and oxygen atoms in total. The first kappa shape index (κ1) is 15.8. The van der Waals surface area contributed by atoms with Crippen LogP contribution < -0.4 is 5.73 Å². The van der Waals surface area contributed by atoms with Gasteiger partial charge in [0.1, 0.15) is 5.60 Å². The number of nitrogens with two attached hydrogens (primary N) is 1. The van der Waals surface area contributed by atoms with E-state index in [0.717, 1.165) is 16.5 Å². The van der Waals surface area contributed by atoms with Crippen molar-refractivity contribution in [2.24, 2.45) is 5.73 Å². The van der Waals surface area contributed by atoms with Gasteiger partial charge in [0.05, 0.1) is 5.52 Å². The Bertz CT molecular complexity index is 736. The molecule has 1 amide bonds. The van der Waals surface area contributed by atoms with Gasteiger partial charge in [0.15, 0.2) is 0 Å². The summed E-state index contributed by atoms with van der Waals surface area (Å²) in [5, 5.41) is 0.923. The van der Waals surface area contributed by atoms with Crippen molar-refractivity contribution in [3.05, 3.63) is 42.1 Å². The van der Waals surface area contributed by atoms with E-state index in [2.05, 4.69) is 0 Å². The highest BCUT2D eigenvalue weighted by Crippen LogP contribution is 2.20. The SMILES string of the molecule is CC(C)(C)OC(=O)n1ccc2cc(C=CCC(N)=O)ccc21. The smallest absolute Gasteiger partial charge is 0.418 e. The van der Waals surface area contributed by atoms with E-state index >= 15 is 0 Å². The van der Waals surface area contributed by atoms with E-state index in [1.165, 1.54) is 4.57 Å². The summed E-state index contributed by atoms with van der Waals surface area (Å²) in [7, 11) is 0. The average molecular weight is 300 g/mol. The molecule has 116 valence electrons. The summed E-state index contributed by atoms with van der Waals surface area (Å²) in [5.74, 6) is -0.367. The summed E-state index contributed by atoms with van der Waals surface area (Å²) < 4.78 is 6.85. The molecule has 2 aromatic rings. The Hall–Kier alpha value is -2.56. The number of benzene rings is 1. The van der Waals surface area contributed by atoms with Gasteiger partial charge in [0.25, 0.3) is 0 Å². The first-order valence-corrected chi connectivity index (χ1v) is 7.05. The van der Waals surface area contributed by atoms with Crippen LogP contribution in [-0.2, 0) is 9.53 Å². The normalized spacial score (nSPS) is 12.0. The van der Waals surface area contributed by atoms with Crippen LogP contribution in [-0.4, -0.2) is 22.2 Å². The van der Waals surface area contributed by atoms with Crippen molar-refractivity contribution >= 4 is 29.0 Å². The first-order valence-electron chi connectivity index (χ1n) is 7.05. The summed E-state index contributed by atoms with van der Waals surface area (Å²) >= 11 is 0. The lowest BCUT2D eigenvalue weighted by Crippen LogP contribution is -2.26. The summed E-state index contributed by atoms with van der Waals surface area (Å²) in [5.41, 5.74) is 6.27. The number of aromatic nitrogens is 1. The van der Waals surface area contributed by atoms with Crippen molar-refractivity contribution < 1.29 is 14.3 Å². The van der Waals surface area contributed by atoms with E-state index in [1.807, 2.05) is 51.1 Å². The van der Waals surface area contributed by atoms with Gasteiger partial charge in [-0.15, -0.1) is 0 Å². The Morgan fingerprint density at radius 2 is 2.00 bits per heavy atom. The molecule has 1 aromatic carbocycles. The number of amides is 1. The second kappa shape index (κ2) is 6.05. The van der Waals surface area contributed by atoms with Gasteiger partial charge in [0.2, 0.25) is 5.91 Å². The lowest BCUT2D eigenvalue weighted by atomic mass is 10.1. The second-order valence-corrected chi connectivity index (χ2v) is 6.06. The van der Waals surface area contributed by atoms with Gasteiger partial charge >= 0.3 is 6.09 Å². The number of ether oxygens (including phenoxy) is 1. The molecule has 0 radical (unpaired) electrons. The molecule has 0 aliphatic heterocycles. The second-order valence-electron chi connectivity index (χ2n) is 6.06. The number of rotatable bonds is 3. The monoisotopic (exact) mass is 300 g/mol. The number of nitrogens with zero attached hydrogens (tertiary/aromatic N) is 1. The minimum absolute atomic E-state index is 0.205. The maximum atomic E-state index is 12.1. The molecule has 0 fully saturated rings. The van der Waals surface area contributed by atoms with Gasteiger partial charge in [-0.2, -0.15) is 0 Å². The van der Waals surface area contributed by atoms with Crippen molar-refractivity contribution in [1.29, 1.82) is 0 Å². The fourth-order valence-electron chi connectivity index (χ4n) is 2.05. The van der Waals surface area contributed by atoms with Gasteiger partial charge in [-0.25, -0.2) is 4.79 Å². The fraction of sp³-hybridized carbons (Fsp3) is 0.294. The Morgan fingerprint density at radius 1 is 1.27 bits per heavy atom. The van der Waals surface area contributed by atoms with Crippen molar-refractivity contribution in [2.45, 2.75) is 32.8 Å². The third-order valence-corrected chi connectivity index (χ3v) is 2.93. The van der Waals surface area contributed by atoms with Crippen LogP contribution in [0.15, 0.2) is 36.5 Å². The minimum Gasteiger partial charge on any atom is -0.443 e. The molecule has 22 heavy (non-hydrogen) atoms. The third-order valence-electron chi connectivity index (χ3n) is 2.93. The van der Waals surface area contributed by atoms with Crippen LogP contribution in [0.2, 0.25) is 0 Å². The van der Waals surface area contributed by atoms with Gasteiger partial charge < -0.3 is 10.5 Å². The molecular weight excluding hydrogens is 280 g/mol. The number of carbonyl (C=O) groups is 2. The van der Waals surface area contributed by atoms with E-state index in [0.29, 0.717) is 0 Å². The van der Waals surface area contributed by atoms with E-state index in [-0.39, 0.29) is 12.3 Å². The maximum Gasteiger partial charge on any atom is 0.418 e. The summed E-state index contributed by atoms with van der Waals surface area (Å²) in [6.07, 6.45) is 5.04. The van der Waals surface area contributed by atoms with Gasteiger partial charge in [0, 0.05) is 18.0 Å². The van der Waals surface area contributed by atoms with Crippen molar-refractivity contribution in [1.82, 2.24) is 4.57 Å². The van der Waals surface area contributed by atoms with E-state index in [4.69, 9.17) is 10.5 Å². The summed E-state index contributed by atoms with van der Waals surface area (Å²) in [4.78, 5) is 22.9. The average Bonchev–Trinajstić information content (AvgIpc) is 2.79. The van der Waals surface area contributed by atoms with Gasteiger partial charge in [-0.3, -0.25) is 9.36 Å². The van der Waals surface area contributed by atoms with Crippen LogP contribution >= 0.6 is 0 Å². The molecule has 0 spiro atoms. The van der Waals surface area contributed by atoms with Gasteiger partial charge in [-0.05, 0) is 44.5 Å². The van der Waals surface area contributed by atoms with Crippen molar-refractivity contribution in [3.8, 4) is 0 Å². The third kappa shape index (κ3) is 3.97. The minimum atomic E-state index is -0.537. The van der Waals surface area contributed by atoms with Crippen LogP contribution in [0.4, 0.5) is 4.79 Å². The predicted molar refractivity (Wildman–Crippen MR) is 86.4 cm³/mol. The fourth-order valence-corrected chi connectivity index (χ4v) is 2.05. The topological polar surface area (TPSA) is 74.3 Å². The highest BCUT2D eigenvalue weighted by Gasteiger charge is 2.18. The molecule has 0 aliphatic rings. The number of carbonyl (C=O) groups excluding carboxylic acids is 2. The molecule has 0 unspecified atom stereocenters. The van der Waals surface area contributed by atoms with E-state index in [1.54, 1.807) is 12.3 Å². The zero-order chi connectivity index (χ0) is 16.3. The zero-order valence-corrected chi connectivity index (χ0v) is 13.0. The quantitative estimate of drug-likeness (QED) is 0.945. The lowest BCUT2D eigenvalue weighted by Gasteiger charge is -2.19. The molecule has 1 heterocycles. The molecule has 0 saturated carbocycles. The Labute approximate surface area is 129 Å². The standard InChI is InChI=1S/C17H20N2O3/c1-17(2,3)22-16(21)19-10-9-13-11-12(7-8-14(13)19)5-4-6-15(18)20/h4-5,7-11H,6H2,1-3H3,(H2,18,20). The molecule has 0 aliphatic carbocycles. The highest BCUT2D eigenvalue weighted by atomic mass is 16.6. The van der Waals surface area contributed by atoms with E-state index in [9.17, 15) is 9.59 Å². The Morgan fingerprint density at radius 3 is 2.64 bits per heavy atom. The first-order chi connectivity index (χ1) is 10.3. The summed E-state index contributed by atoms with van der Waals surface area (Å²) in [6, 6.07) is 7.52. The Kier molecular flexibility index (Phi) is 4.35. The number of hydrogen-bond acceptors (Lipinski definition) is 3. The lowest BCUT2D eigenvalue weighted by molar-refractivity contribution is -0.117. The van der Waals surface area contributed by atoms with Crippen LogP contribution in [0, 0.1) is 0 Å². The predicted octanol–water partition coefficient (Wildman–Crippen LogP) is 3.31. The zero-order valence-electron chi connectivity index (χ0n) is 13.0. The molecule has 0 atom stereocenters. The Balaban J connectivity index is 2.25. The molecule has 2 N–H and O–H groups in total. The molecule has 2 rings (SSSR count). The van der Waals surface area contributed by atoms with Crippen LogP contribution in [0.1, 0.15) is 32.8 Å². The molecule has 0 bridgehead atoms. The van der Waals surface area contributed by atoms with E-state index < -0.39 is 11.7 Å². The molecule has 5 heteroatoms. The van der Waals surface area contributed by atoms with Crippen LogP contribution in [0.5, 0.6) is 0 Å². The van der Waals surface area contributed by atoms with Crippen molar-refractivity contribution in [2.75, 3.05) is 0 Å². The number of hydrogen-bond donors (Lipinski definition) is 1. The van der Waals surface area contributed by atoms with Crippen LogP contribution in [0.25, 0.3) is 17.0 Å². The maximum absolute atomic E-state index is 12.1. The van der Waals surface area contributed by atoms with Crippen molar-refractivity contribution in [3.63, 3.8) is 0 Å². The van der Waals surface area contributed by atoms with Gasteiger partial charge in [-0.1, -0.05) is 18.2 Å². The largest absolute Gasteiger partial charge is 0.443 e. The summed E-state index contributed by atoms with van der Waals surface area (Å²) in [6.45, 7) is 5.49. The van der Waals surface area contributed by atoms with Crippen LogP contribution in [0.3, 0.4) is 0 Å². The number of primary amides is 1. The number of fused-ring (bicyclic) bond motifs is 1. The molecular formula is C17H20N2O3.